The number of aromatic nitrogens is 1. The van der Waals surface area contributed by atoms with Crippen molar-refractivity contribution < 1.29 is 9.53 Å². The summed E-state index contributed by atoms with van der Waals surface area (Å²) in [6.45, 7) is 0.297. The van der Waals surface area contributed by atoms with Gasteiger partial charge >= 0.3 is 5.97 Å². The Morgan fingerprint density at radius 1 is 1.12 bits per heavy atom. The Kier molecular flexibility index (Phi) is 6.41. The van der Waals surface area contributed by atoms with E-state index in [2.05, 4.69) is 16.4 Å². The van der Waals surface area contributed by atoms with E-state index in [0.717, 1.165) is 22.0 Å². The van der Waals surface area contributed by atoms with Crippen LogP contribution >= 0.6 is 12.4 Å². The lowest BCUT2D eigenvalue weighted by Gasteiger charge is -2.15. The van der Waals surface area contributed by atoms with E-state index < -0.39 is 0 Å². The molecule has 0 aliphatic carbocycles. The number of esters is 1. The molecule has 3 aromatic rings. The van der Waals surface area contributed by atoms with E-state index in [1.165, 1.54) is 0 Å². The van der Waals surface area contributed by atoms with Crippen molar-refractivity contribution in [3.63, 3.8) is 0 Å². The van der Waals surface area contributed by atoms with Gasteiger partial charge in [0.05, 0.1) is 0 Å². The minimum Gasteiger partial charge on any atom is -0.460 e. The Labute approximate surface area is 147 Å². The van der Waals surface area contributed by atoms with Gasteiger partial charge in [-0.1, -0.05) is 48.5 Å². The van der Waals surface area contributed by atoms with E-state index in [0.29, 0.717) is 13.0 Å². The van der Waals surface area contributed by atoms with Gasteiger partial charge in [-0.3, -0.25) is 4.79 Å². The third-order valence-electron chi connectivity index (χ3n) is 3.96. The van der Waals surface area contributed by atoms with Gasteiger partial charge in [-0.15, -0.1) is 12.4 Å². The fraction of sp³-hybridized carbons (Fsp3) is 0.211. The molecule has 1 heterocycles. The van der Waals surface area contributed by atoms with Crippen LogP contribution in [0.25, 0.3) is 10.9 Å². The third kappa shape index (κ3) is 4.16. The van der Waals surface area contributed by atoms with Crippen molar-refractivity contribution in [2.45, 2.75) is 19.1 Å². The number of rotatable bonds is 6. The predicted octanol–water partition coefficient (Wildman–Crippen LogP) is 3.46. The molecule has 0 radical (unpaired) electrons. The second kappa shape index (κ2) is 8.52. The van der Waals surface area contributed by atoms with Crippen LogP contribution in [0.5, 0.6) is 0 Å². The monoisotopic (exact) mass is 344 g/mol. The summed E-state index contributed by atoms with van der Waals surface area (Å²) in [5, 5.41) is 4.19. The highest BCUT2D eigenvalue weighted by atomic mass is 35.5. The summed E-state index contributed by atoms with van der Waals surface area (Å²) in [5.41, 5.74) is 3.18. The van der Waals surface area contributed by atoms with Crippen molar-refractivity contribution in [3.05, 3.63) is 71.9 Å². The molecule has 1 atom stereocenters. The molecule has 0 unspecified atom stereocenters. The lowest BCUT2D eigenvalue weighted by atomic mass is 10.1. The van der Waals surface area contributed by atoms with E-state index in [4.69, 9.17) is 4.74 Å². The maximum absolute atomic E-state index is 12.3. The van der Waals surface area contributed by atoms with E-state index in [-0.39, 0.29) is 24.4 Å². The van der Waals surface area contributed by atoms with E-state index in [1.807, 2.05) is 54.7 Å². The molecular formula is C19H21ClN2O2. The van der Waals surface area contributed by atoms with Crippen LogP contribution in [0.4, 0.5) is 0 Å². The van der Waals surface area contributed by atoms with Crippen LogP contribution in [0, 0.1) is 0 Å². The molecule has 126 valence electrons. The molecule has 0 saturated heterocycles. The van der Waals surface area contributed by atoms with E-state index >= 15 is 0 Å². The summed E-state index contributed by atoms with van der Waals surface area (Å²) in [6.07, 6.45) is 2.55. The van der Waals surface area contributed by atoms with Crippen LogP contribution in [0.2, 0.25) is 0 Å². The maximum atomic E-state index is 12.3. The van der Waals surface area contributed by atoms with Crippen LogP contribution in [0.1, 0.15) is 11.1 Å². The number of nitrogens with one attached hydrogen (secondary N) is 2. The van der Waals surface area contributed by atoms with Crippen molar-refractivity contribution in [2.75, 3.05) is 7.05 Å². The first-order chi connectivity index (χ1) is 11.3. The lowest BCUT2D eigenvalue weighted by Crippen LogP contribution is -2.37. The zero-order valence-corrected chi connectivity index (χ0v) is 14.3. The summed E-state index contributed by atoms with van der Waals surface area (Å²) in [7, 11) is 1.78. The molecule has 0 bridgehead atoms. The summed E-state index contributed by atoms with van der Waals surface area (Å²) < 4.78 is 5.43. The predicted molar refractivity (Wildman–Crippen MR) is 98.3 cm³/mol. The van der Waals surface area contributed by atoms with Crippen molar-refractivity contribution in [2.24, 2.45) is 0 Å². The van der Waals surface area contributed by atoms with Gasteiger partial charge in [0.25, 0.3) is 0 Å². The van der Waals surface area contributed by atoms with Gasteiger partial charge < -0.3 is 15.0 Å². The first-order valence-corrected chi connectivity index (χ1v) is 7.71. The average Bonchev–Trinajstić information content (AvgIpc) is 3.01. The minimum absolute atomic E-state index is 0. The number of carbonyl (C=O) groups excluding carboxylic acids is 1. The Bertz CT molecular complexity index is 786. The number of hydrogen-bond donors (Lipinski definition) is 2. The topological polar surface area (TPSA) is 54.1 Å². The average molecular weight is 345 g/mol. The molecule has 3 rings (SSSR count). The first-order valence-electron chi connectivity index (χ1n) is 7.71. The van der Waals surface area contributed by atoms with Gasteiger partial charge in [-0.05, 0) is 24.2 Å². The standard InChI is InChI=1S/C19H20N2O2.ClH/c1-20-18(19(22)23-13-14-7-3-2-4-8-14)11-15-12-21-17-10-6-5-9-16(15)17;/h2-10,12,18,20-21H,11,13H2,1H3;1H/t18-;/m0./s1. The number of carbonyl (C=O) groups is 1. The highest BCUT2D eigenvalue weighted by Gasteiger charge is 2.20. The highest BCUT2D eigenvalue weighted by Crippen LogP contribution is 2.19. The number of fused-ring (bicyclic) bond motifs is 1. The largest absolute Gasteiger partial charge is 0.460 e. The molecule has 0 aliphatic heterocycles. The summed E-state index contributed by atoms with van der Waals surface area (Å²) in [4.78, 5) is 15.5. The zero-order valence-electron chi connectivity index (χ0n) is 13.5. The fourth-order valence-electron chi connectivity index (χ4n) is 2.65. The van der Waals surface area contributed by atoms with Crippen LogP contribution in [0.15, 0.2) is 60.8 Å². The maximum Gasteiger partial charge on any atom is 0.323 e. The van der Waals surface area contributed by atoms with Crippen molar-refractivity contribution >= 4 is 29.3 Å². The number of likely N-dealkylation sites (N-methyl/N-ethyl adjacent to an activating group) is 1. The van der Waals surface area contributed by atoms with E-state index in [9.17, 15) is 4.79 Å². The summed E-state index contributed by atoms with van der Waals surface area (Å²) in [5.74, 6) is -0.235. The van der Waals surface area contributed by atoms with Gasteiger partial charge in [0.15, 0.2) is 0 Å². The molecular weight excluding hydrogens is 324 g/mol. The number of H-pyrrole nitrogens is 1. The second-order valence-corrected chi connectivity index (χ2v) is 5.50. The molecule has 2 N–H and O–H groups in total. The number of hydrogen-bond acceptors (Lipinski definition) is 3. The molecule has 24 heavy (non-hydrogen) atoms. The Morgan fingerprint density at radius 3 is 2.58 bits per heavy atom. The minimum atomic E-state index is -0.363. The molecule has 1 aromatic heterocycles. The first kappa shape index (κ1) is 18.0. The molecule has 0 amide bonds. The van der Waals surface area contributed by atoms with Crippen LogP contribution in [-0.2, 0) is 22.6 Å². The van der Waals surface area contributed by atoms with Gasteiger partial charge in [-0.2, -0.15) is 0 Å². The molecule has 0 saturated carbocycles. The normalized spacial score (nSPS) is 11.7. The highest BCUT2D eigenvalue weighted by molar-refractivity contribution is 5.85. The molecule has 4 nitrogen and oxygen atoms in total. The third-order valence-corrected chi connectivity index (χ3v) is 3.96. The van der Waals surface area contributed by atoms with Gasteiger partial charge in [-0.25, -0.2) is 0 Å². The number of benzene rings is 2. The number of aromatic amines is 1. The molecule has 5 heteroatoms. The Balaban J connectivity index is 0.00000208. The zero-order chi connectivity index (χ0) is 16.1. The number of para-hydroxylation sites is 1. The van der Waals surface area contributed by atoms with Gasteiger partial charge in [0, 0.05) is 23.5 Å². The molecule has 0 aliphatic rings. The second-order valence-electron chi connectivity index (χ2n) is 5.50. The summed E-state index contributed by atoms with van der Waals surface area (Å²) in [6, 6.07) is 17.4. The molecule has 0 fully saturated rings. The van der Waals surface area contributed by atoms with Gasteiger partial charge in [0.1, 0.15) is 12.6 Å². The van der Waals surface area contributed by atoms with Crippen LogP contribution < -0.4 is 5.32 Å². The smallest absolute Gasteiger partial charge is 0.323 e. The van der Waals surface area contributed by atoms with Crippen molar-refractivity contribution in [1.82, 2.24) is 10.3 Å². The van der Waals surface area contributed by atoms with Crippen molar-refractivity contribution in [1.29, 1.82) is 0 Å². The lowest BCUT2D eigenvalue weighted by molar-refractivity contribution is -0.147. The Morgan fingerprint density at radius 2 is 1.83 bits per heavy atom. The van der Waals surface area contributed by atoms with E-state index in [1.54, 1.807) is 7.05 Å². The molecule has 0 spiro atoms. The SMILES string of the molecule is CN[C@@H](Cc1c[nH]c2ccccc12)C(=O)OCc1ccccc1.Cl. The fourth-order valence-corrected chi connectivity index (χ4v) is 2.65. The van der Waals surface area contributed by atoms with Crippen LogP contribution in [0.3, 0.4) is 0 Å². The Hall–Kier alpha value is -2.30. The number of halogens is 1. The summed E-state index contributed by atoms with van der Waals surface area (Å²) >= 11 is 0. The van der Waals surface area contributed by atoms with Gasteiger partial charge in [0.2, 0.25) is 0 Å². The number of ether oxygens (including phenoxy) is 1. The quantitative estimate of drug-likeness (QED) is 0.673. The van der Waals surface area contributed by atoms with Crippen molar-refractivity contribution in [3.8, 4) is 0 Å². The van der Waals surface area contributed by atoms with Crippen LogP contribution in [-0.4, -0.2) is 24.0 Å². The molecule has 2 aromatic carbocycles.